The predicted octanol–water partition coefficient (Wildman–Crippen LogP) is 4.14. The number of aryl methyl sites for hydroxylation is 2. The number of hydrogen-bond acceptors (Lipinski definition) is 2. The molecule has 0 heterocycles. The average molecular weight is 319 g/mol. The minimum atomic E-state index is 0.0404. The van der Waals surface area contributed by atoms with Crippen molar-refractivity contribution in [3.05, 3.63) is 57.6 Å². The molecule has 0 aliphatic carbocycles. The van der Waals surface area contributed by atoms with E-state index in [1.54, 1.807) is 18.2 Å². The van der Waals surface area contributed by atoms with Crippen LogP contribution >= 0.6 is 15.9 Å². The predicted molar refractivity (Wildman–Crippen MR) is 81.1 cm³/mol. The van der Waals surface area contributed by atoms with Crippen LogP contribution in [0.3, 0.4) is 0 Å². The van der Waals surface area contributed by atoms with E-state index in [-0.39, 0.29) is 5.84 Å². The van der Waals surface area contributed by atoms with Gasteiger partial charge in [0.05, 0.1) is 4.47 Å². The number of nitrogens with two attached hydrogens (primary N) is 1. The highest BCUT2D eigenvalue weighted by Crippen LogP contribution is 2.31. The summed E-state index contributed by atoms with van der Waals surface area (Å²) in [5.74, 6) is 1.54. The van der Waals surface area contributed by atoms with E-state index in [0.717, 1.165) is 21.3 Å². The Kier molecular flexibility index (Phi) is 3.90. The van der Waals surface area contributed by atoms with Gasteiger partial charge in [-0.3, -0.25) is 5.41 Å². The molecule has 0 spiro atoms. The largest absolute Gasteiger partial charge is 0.456 e. The van der Waals surface area contributed by atoms with E-state index in [0.29, 0.717) is 11.3 Å². The highest BCUT2D eigenvalue weighted by molar-refractivity contribution is 9.10. The van der Waals surface area contributed by atoms with Crippen molar-refractivity contribution in [2.45, 2.75) is 13.8 Å². The molecule has 0 aromatic heterocycles. The lowest BCUT2D eigenvalue weighted by atomic mass is 10.1. The van der Waals surface area contributed by atoms with E-state index in [1.165, 1.54) is 0 Å². The summed E-state index contributed by atoms with van der Waals surface area (Å²) in [4.78, 5) is 0. The summed E-state index contributed by atoms with van der Waals surface area (Å²) in [7, 11) is 0. The zero-order valence-corrected chi connectivity index (χ0v) is 12.4. The van der Waals surface area contributed by atoms with Crippen LogP contribution in [0, 0.1) is 19.3 Å². The average Bonchev–Trinajstić information content (AvgIpc) is 2.30. The molecule has 0 aliphatic heterocycles. The Balaban J connectivity index is 2.30. The monoisotopic (exact) mass is 318 g/mol. The maximum atomic E-state index is 7.40. The molecule has 2 aromatic rings. The van der Waals surface area contributed by atoms with Gasteiger partial charge in [-0.2, -0.15) is 0 Å². The molecule has 0 unspecified atom stereocenters. The molecule has 0 radical (unpaired) electrons. The summed E-state index contributed by atoms with van der Waals surface area (Å²) in [6, 6.07) is 11.4. The van der Waals surface area contributed by atoms with Gasteiger partial charge >= 0.3 is 0 Å². The van der Waals surface area contributed by atoms with E-state index < -0.39 is 0 Å². The van der Waals surface area contributed by atoms with Crippen LogP contribution in [0.2, 0.25) is 0 Å². The van der Waals surface area contributed by atoms with Gasteiger partial charge in [-0.05, 0) is 71.2 Å². The van der Waals surface area contributed by atoms with E-state index in [4.69, 9.17) is 15.9 Å². The molecule has 0 saturated carbocycles. The molecule has 3 nitrogen and oxygen atoms in total. The Bertz CT molecular complexity index is 618. The number of benzene rings is 2. The highest BCUT2D eigenvalue weighted by Gasteiger charge is 2.06. The molecule has 2 aromatic carbocycles. The summed E-state index contributed by atoms with van der Waals surface area (Å²) in [5.41, 5.74) is 8.43. The molecule has 0 amide bonds. The van der Waals surface area contributed by atoms with E-state index >= 15 is 0 Å². The zero-order chi connectivity index (χ0) is 14.0. The van der Waals surface area contributed by atoms with Gasteiger partial charge in [-0.1, -0.05) is 6.07 Å². The molecule has 0 aliphatic rings. The maximum Gasteiger partial charge on any atom is 0.141 e. The minimum Gasteiger partial charge on any atom is -0.456 e. The number of ether oxygens (including phenoxy) is 1. The first kappa shape index (κ1) is 13.6. The molecule has 0 fully saturated rings. The summed E-state index contributed by atoms with van der Waals surface area (Å²) >= 11 is 3.43. The molecule has 2 rings (SSSR count). The fourth-order valence-corrected chi connectivity index (χ4v) is 2.33. The summed E-state index contributed by atoms with van der Waals surface area (Å²) in [5, 5.41) is 7.40. The molecular weight excluding hydrogens is 304 g/mol. The standard InChI is InChI=1S/C15H15BrN2O/c1-9-5-10(2)7-12(6-9)19-14-4-3-11(15(17)18)8-13(14)16/h3-8H,1-2H3,(H3,17,18). The van der Waals surface area contributed by atoms with Gasteiger partial charge < -0.3 is 10.5 Å². The fourth-order valence-electron chi connectivity index (χ4n) is 1.87. The third-order valence-corrected chi connectivity index (χ3v) is 3.29. The van der Waals surface area contributed by atoms with Crippen LogP contribution in [0.4, 0.5) is 0 Å². The number of nitrogens with one attached hydrogen (secondary N) is 1. The van der Waals surface area contributed by atoms with Crippen molar-refractivity contribution in [2.24, 2.45) is 5.73 Å². The number of nitrogen functional groups attached to an aromatic ring is 1. The summed E-state index contributed by atoms with van der Waals surface area (Å²) < 4.78 is 6.62. The SMILES string of the molecule is Cc1cc(C)cc(Oc2ccc(C(=N)N)cc2Br)c1. The fraction of sp³-hybridized carbons (Fsp3) is 0.133. The Morgan fingerprint density at radius 2 is 1.74 bits per heavy atom. The van der Waals surface area contributed by atoms with Crippen molar-refractivity contribution < 1.29 is 4.74 Å². The molecular formula is C15H15BrN2O. The molecule has 0 bridgehead atoms. The smallest absolute Gasteiger partial charge is 0.141 e. The van der Waals surface area contributed by atoms with E-state index in [9.17, 15) is 0 Å². The number of rotatable bonds is 3. The van der Waals surface area contributed by atoms with Crippen LogP contribution in [0.1, 0.15) is 16.7 Å². The Morgan fingerprint density at radius 1 is 1.11 bits per heavy atom. The second-order valence-corrected chi connectivity index (χ2v) is 5.34. The summed E-state index contributed by atoms with van der Waals surface area (Å²) in [6.45, 7) is 4.07. The molecule has 3 N–H and O–H groups in total. The van der Waals surface area contributed by atoms with Crippen LogP contribution < -0.4 is 10.5 Å². The van der Waals surface area contributed by atoms with Crippen molar-refractivity contribution in [3.8, 4) is 11.5 Å². The van der Waals surface area contributed by atoms with Crippen molar-refractivity contribution in [1.82, 2.24) is 0 Å². The van der Waals surface area contributed by atoms with Gasteiger partial charge in [-0.15, -0.1) is 0 Å². The third-order valence-electron chi connectivity index (χ3n) is 2.67. The molecule has 19 heavy (non-hydrogen) atoms. The lowest BCUT2D eigenvalue weighted by Gasteiger charge is -2.10. The summed E-state index contributed by atoms with van der Waals surface area (Å²) in [6.07, 6.45) is 0. The van der Waals surface area contributed by atoms with E-state index in [2.05, 4.69) is 22.0 Å². The van der Waals surface area contributed by atoms with Crippen molar-refractivity contribution in [3.63, 3.8) is 0 Å². The van der Waals surface area contributed by atoms with Crippen LogP contribution in [-0.2, 0) is 0 Å². The van der Waals surface area contributed by atoms with Crippen molar-refractivity contribution >= 4 is 21.8 Å². The number of amidine groups is 1. The molecule has 0 saturated heterocycles. The lowest BCUT2D eigenvalue weighted by Crippen LogP contribution is -2.10. The number of halogens is 1. The van der Waals surface area contributed by atoms with Gasteiger partial charge in [0.25, 0.3) is 0 Å². The Morgan fingerprint density at radius 3 is 2.26 bits per heavy atom. The first-order valence-electron chi connectivity index (χ1n) is 5.86. The van der Waals surface area contributed by atoms with Gasteiger partial charge in [0, 0.05) is 5.56 Å². The topological polar surface area (TPSA) is 59.1 Å². The lowest BCUT2D eigenvalue weighted by molar-refractivity contribution is 0.479. The zero-order valence-electron chi connectivity index (χ0n) is 10.8. The normalized spacial score (nSPS) is 10.3. The van der Waals surface area contributed by atoms with Crippen LogP contribution in [0.25, 0.3) is 0 Å². The second kappa shape index (κ2) is 5.45. The first-order valence-corrected chi connectivity index (χ1v) is 6.65. The Hall–Kier alpha value is -1.81. The van der Waals surface area contributed by atoms with E-state index in [1.807, 2.05) is 26.0 Å². The number of hydrogen-bond donors (Lipinski definition) is 2. The van der Waals surface area contributed by atoms with Gasteiger partial charge in [0.1, 0.15) is 17.3 Å². The van der Waals surface area contributed by atoms with Crippen LogP contribution in [-0.4, -0.2) is 5.84 Å². The van der Waals surface area contributed by atoms with Gasteiger partial charge in [-0.25, -0.2) is 0 Å². The van der Waals surface area contributed by atoms with Crippen molar-refractivity contribution in [2.75, 3.05) is 0 Å². The van der Waals surface area contributed by atoms with Gasteiger partial charge in [0.2, 0.25) is 0 Å². The molecule has 4 heteroatoms. The first-order chi connectivity index (χ1) is 8.95. The van der Waals surface area contributed by atoms with Gasteiger partial charge in [0.15, 0.2) is 0 Å². The van der Waals surface area contributed by atoms with Crippen LogP contribution in [0.5, 0.6) is 11.5 Å². The van der Waals surface area contributed by atoms with Crippen LogP contribution in [0.15, 0.2) is 40.9 Å². The quantitative estimate of drug-likeness (QED) is 0.660. The molecule has 0 atom stereocenters. The second-order valence-electron chi connectivity index (χ2n) is 4.48. The minimum absolute atomic E-state index is 0.0404. The highest BCUT2D eigenvalue weighted by atomic mass is 79.9. The third kappa shape index (κ3) is 3.35. The van der Waals surface area contributed by atoms with Crippen molar-refractivity contribution in [1.29, 1.82) is 5.41 Å². The Labute approximate surface area is 121 Å². The maximum absolute atomic E-state index is 7.40. The molecule has 98 valence electrons.